The maximum absolute atomic E-state index is 3.76. The van der Waals surface area contributed by atoms with Crippen LogP contribution < -0.4 is 0 Å². The third-order valence-corrected chi connectivity index (χ3v) is 2.29. The smallest absolute Gasteiger partial charge is 0.0181 e. The lowest BCUT2D eigenvalue weighted by atomic mass is 10.0. The van der Waals surface area contributed by atoms with Gasteiger partial charge in [0, 0.05) is 0 Å². The minimum absolute atomic E-state index is 1.18. The third kappa shape index (κ3) is 5.35. The van der Waals surface area contributed by atoms with Gasteiger partial charge in [0.05, 0.1) is 0 Å². The number of aryl methyl sites for hydroxylation is 1. The largest absolute Gasteiger partial charge is 0.0988 e. The molecular formula is C17H24. The average Bonchev–Trinajstić information content (AvgIpc) is 2.35. The van der Waals surface area contributed by atoms with E-state index in [0.29, 0.717) is 0 Å². The molecule has 0 aliphatic carbocycles. The number of rotatable bonds is 3. The van der Waals surface area contributed by atoms with Crippen LogP contribution in [0, 0.1) is 6.92 Å². The molecule has 0 fully saturated rings. The molecule has 1 rings (SSSR count). The summed E-state index contributed by atoms with van der Waals surface area (Å²) in [5.41, 5.74) is 4.98. The fourth-order valence-electron chi connectivity index (χ4n) is 1.45. The first-order valence-electron chi connectivity index (χ1n) is 6.21. The fourth-order valence-corrected chi connectivity index (χ4v) is 1.45. The van der Waals surface area contributed by atoms with Gasteiger partial charge in [-0.05, 0) is 31.9 Å². The first-order valence-corrected chi connectivity index (χ1v) is 6.21. The van der Waals surface area contributed by atoms with Crippen LogP contribution >= 0.6 is 0 Å². The van der Waals surface area contributed by atoms with Gasteiger partial charge in [-0.25, -0.2) is 0 Å². The molecule has 1 aromatic carbocycles. The van der Waals surface area contributed by atoms with Crippen LogP contribution in [0.1, 0.15) is 44.4 Å². The third-order valence-electron chi connectivity index (χ3n) is 2.29. The summed E-state index contributed by atoms with van der Waals surface area (Å²) in [7, 11) is 0. The van der Waals surface area contributed by atoms with Crippen LogP contribution in [0.5, 0.6) is 0 Å². The molecule has 0 aliphatic rings. The maximum atomic E-state index is 3.76. The summed E-state index contributed by atoms with van der Waals surface area (Å²) < 4.78 is 0. The van der Waals surface area contributed by atoms with E-state index in [9.17, 15) is 0 Å². The van der Waals surface area contributed by atoms with Crippen LogP contribution in [0.25, 0.3) is 12.2 Å². The summed E-state index contributed by atoms with van der Waals surface area (Å²) in [6.07, 6.45) is 8.23. The molecule has 0 aliphatic heterocycles. The van der Waals surface area contributed by atoms with Gasteiger partial charge in [-0.1, -0.05) is 74.1 Å². The van der Waals surface area contributed by atoms with Crippen LogP contribution in [-0.4, -0.2) is 0 Å². The first kappa shape index (κ1) is 15.4. The van der Waals surface area contributed by atoms with E-state index in [4.69, 9.17) is 0 Å². The number of allylic oxidation sites excluding steroid dienone is 3. The van der Waals surface area contributed by atoms with Crippen molar-refractivity contribution in [2.45, 2.75) is 34.6 Å². The number of benzene rings is 1. The van der Waals surface area contributed by atoms with Crippen LogP contribution in [0.4, 0.5) is 0 Å². The Hall–Kier alpha value is -1.56. The van der Waals surface area contributed by atoms with E-state index in [1.807, 2.05) is 26.8 Å². The van der Waals surface area contributed by atoms with Crippen molar-refractivity contribution in [1.29, 1.82) is 0 Å². The molecular weight excluding hydrogens is 204 g/mol. The molecule has 0 saturated heterocycles. The Labute approximate surface area is 106 Å². The van der Waals surface area contributed by atoms with Gasteiger partial charge in [0.25, 0.3) is 0 Å². The van der Waals surface area contributed by atoms with Crippen molar-refractivity contribution in [1.82, 2.24) is 0 Å². The van der Waals surface area contributed by atoms with Crippen molar-refractivity contribution in [3.8, 4) is 0 Å². The van der Waals surface area contributed by atoms with Gasteiger partial charge < -0.3 is 0 Å². The lowest BCUT2D eigenvalue weighted by molar-refractivity contribution is 1.43. The lowest BCUT2D eigenvalue weighted by Gasteiger charge is -2.03. The molecule has 0 bridgehead atoms. The van der Waals surface area contributed by atoms with E-state index < -0.39 is 0 Å². The second-order valence-corrected chi connectivity index (χ2v) is 3.72. The molecule has 0 radical (unpaired) electrons. The number of hydrogen-bond donors (Lipinski definition) is 0. The Morgan fingerprint density at radius 1 is 1.18 bits per heavy atom. The molecule has 0 unspecified atom stereocenters. The van der Waals surface area contributed by atoms with Crippen molar-refractivity contribution in [3.05, 3.63) is 59.2 Å². The Balaban J connectivity index is 0.00000121. The van der Waals surface area contributed by atoms with Crippen LogP contribution in [0.15, 0.2) is 42.5 Å². The standard InChI is InChI=1S/C15H18.C2H6/c1-5-7-14-11-13(4)8-9-15(14)10-12(3)6-2;1-2/h5-11H,2H2,1,3-4H3;1-2H3/b7-5-,12-10-;. The molecule has 0 saturated carbocycles. The number of hydrogen-bond acceptors (Lipinski definition) is 0. The molecule has 0 amide bonds. The van der Waals surface area contributed by atoms with E-state index in [-0.39, 0.29) is 0 Å². The van der Waals surface area contributed by atoms with E-state index in [2.05, 4.69) is 56.9 Å². The highest BCUT2D eigenvalue weighted by Gasteiger charge is 1.96. The second-order valence-electron chi connectivity index (χ2n) is 3.72. The molecule has 0 atom stereocenters. The summed E-state index contributed by atoms with van der Waals surface area (Å²) in [6.45, 7) is 14.0. The van der Waals surface area contributed by atoms with Crippen molar-refractivity contribution >= 4 is 12.2 Å². The van der Waals surface area contributed by atoms with Gasteiger partial charge >= 0.3 is 0 Å². The van der Waals surface area contributed by atoms with Crippen LogP contribution in [0.3, 0.4) is 0 Å². The molecule has 17 heavy (non-hydrogen) atoms. The van der Waals surface area contributed by atoms with Crippen molar-refractivity contribution < 1.29 is 0 Å². The second kappa shape index (κ2) is 8.58. The molecule has 0 aromatic heterocycles. The molecule has 0 nitrogen and oxygen atoms in total. The molecule has 92 valence electrons. The highest BCUT2D eigenvalue weighted by atomic mass is 14.0. The zero-order chi connectivity index (χ0) is 13.3. The zero-order valence-corrected chi connectivity index (χ0v) is 11.7. The van der Waals surface area contributed by atoms with Crippen molar-refractivity contribution in [2.75, 3.05) is 0 Å². The normalized spacial score (nSPS) is 11.0. The average molecular weight is 228 g/mol. The first-order chi connectivity index (χ1) is 8.17. The fraction of sp³-hybridized carbons (Fsp3) is 0.294. The molecule has 0 heterocycles. The Bertz CT molecular complexity index is 406. The predicted molar refractivity (Wildman–Crippen MR) is 81.1 cm³/mol. The van der Waals surface area contributed by atoms with Gasteiger partial charge in [0.2, 0.25) is 0 Å². The highest BCUT2D eigenvalue weighted by molar-refractivity contribution is 5.67. The van der Waals surface area contributed by atoms with Gasteiger partial charge in [-0.2, -0.15) is 0 Å². The summed E-state index contributed by atoms with van der Waals surface area (Å²) in [4.78, 5) is 0. The quantitative estimate of drug-likeness (QED) is 0.587. The van der Waals surface area contributed by atoms with Crippen LogP contribution in [-0.2, 0) is 0 Å². The predicted octanol–water partition coefficient (Wildman–Crippen LogP) is 5.64. The van der Waals surface area contributed by atoms with Gasteiger partial charge in [-0.15, -0.1) is 0 Å². The summed E-state index contributed by atoms with van der Waals surface area (Å²) in [5, 5.41) is 0. The Morgan fingerprint density at radius 3 is 2.35 bits per heavy atom. The van der Waals surface area contributed by atoms with E-state index in [0.717, 1.165) is 0 Å². The molecule has 1 aromatic rings. The minimum atomic E-state index is 1.18. The van der Waals surface area contributed by atoms with Crippen molar-refractivity contribution in [3.63, 3.8) is 0 Å². The SMILES string of the molecule is C=C/C(C)=C\c1ccc(C)cc1/C=C\C.CC. The van der Waals surface area contributed by atoms with Crippen LogP contribution in [0.2, 0.25) is 0 Å². The molecule has 0 N–H and O–H groups in total. The topological polar surface area (TPSA) is 0 Å². The lowest BCUT2D eigenvalue weighted by Crippen LogP contribution is -1.83. The van der Waals surface area contributed by atoms with E-state index in [1.165, 1.54) is 22.3 Å². The summed E-state index contributed by atoms with van der Waals surface area (Å²) in [5.74, 6) is 0. The highest BCUT2D eigenvalue weighted by Crippen LogP contribution is 2.17. The Kier molecular flexibility index (Phi) is 7.79. The van der Waals surface area contributed by atoms with Crippen molar-refractivity contribution in [2.24, 2.45) is 0 Å². The summed E-state index contributed by atoms with van der Waals surface area (Å²) >= 11 is 0. The minimum Gasteiger partial charge on any atom is -0.0988 e. The molecule has 0 heteroatoms. The Morgan fingerprint density at radius 2 is 1.82 bits per heavy atom. The summed E-state index contributed by atoms with van der Waals surface area (Å²) in [6, 6.07) is 6.48. The zero-order valence-electron chi connectivity index (χ0n) is 11.7. The van der Waals surface area contributed by atoms with E-state index in [1.54, 1.807) is 0 Å². The van der Waals surface area contributed by atoms with Gasteiger partial charge in [0.1, 0.15) is 0 Å². The van der Waals surface area contributed by atoms with Gasteiger partial charge in [-0.3, -0.25) is 0 Å². The van der Waals surface area contributed by atoms with Gasteiger partial charge in [0.15, 0.2) is 0 Å². The van der Waals surface area contributed by atoms with E-state index >= 15 is 0 Å². The molecule has 0 spiro atoms. The monoisotopic (exact) mass is 228 g/mol. The maximum Gasteiger partial charge on any atom is -0.0181 e.